The summed E-state index contributed by atoms with van der Waals surface area (Å²) in [7, 11) is 0. The molecule has 1 aromatic heterocycles. The molecule has 0 spiro atoms. The number of nitrogens with one attached hydrogen (secondary N) is 1. The summed E-state index contributed by atoms with van der Waals surface area (Å²) < 4.78 is 19.2. The number of halogens is 2. The zero-order chi connectivity index (χ0) is 18.8. The van der Waals surface area contributed by atoms with Crippen molar-refractivity contribution in [3.05, 3.63) is 47.5 Å². The Labute approximate surface area is 161 Å². The molecule has 0 bridgehead atoms. The van der Waals surface area contributed by atoms with E-state index in [1.807, 2.05) is 0 Å². The van der Waals surface area contributed by atoms with Crippen LogP contribution in [0.4, 0.5) is 15.9 Å². The number of ether oxygens (including phenoxy) is 1. The van der Waals surface area contributed by atoms with E-state index in [1.165, 1.54) is 44.1 Å². The van der Waals surface area contributed by atoms with Gasteiger partial charge in [0.1, 0.15) is 18.0 Å². The maximum absolute atomic E-state index is 13.3. The minimum atomic E-state index is -0.489. The number of phenolic OH excluding ortho intramolecular Hbond substituents is 1. The predicted molar refractivity (Wildman–Crippen MR) is 103 cm³/mol. The molecule has 1 aliphatic rings. The lowest BCUT2D eigenvalue weighted by molar-refractivity contribution is 0.243. The highest BCUT2D eigenvalue weighted by molar-refractivity contribution is 6.31. The molecule has 0 aliphatic heterocycles. The molecule has 0 amide bonds. The lowest BCUT2D eigenvalue weighted by Crippen LogP contribution is -2.08. The van der Waals surface area contributed by atoms with Crippen LogP contribution in [0.15, 0.2) is 36.7 Å². The molecule has 4 rings (SSSR count). The van der Waals surface area contributed by atoms with E-state index in [0.29, 0.717) is 40.7 Å². The van der Waals surface area contributed by atoms with Crippen LogP contribution in [-0.4, -0.2) is 21.7 Å². The van der Waals surface area contributed by atoms with Gasteiger partial charge in [0.05, 0.1) is 17.1 Å². The number of phenols is 1. The number of anilines is 2. The van der Waals surface area contributed by atoms with E-state index < -0.39 is 5.82 Å². The molecule has 2 aromatic carbocycles. The van der Waals surface area contributed by atoms with Gasteiger partial charge in [-0.15, -0.1) is 0 Å². The van der Waals surface area contributed by atoms with Gasteiger partial charge in [0.2, 0.25) is 0 Å². The molecule has 1 fully saturated rings. The maximum Gasteiger partial charge on any atom is 0.163 e. The quantitative estimate of drug-likeness (QED) is 0.610. The Balaban J connectivity index is 1.60. The van der Waals surface area contributed by atoms with Crippen LogP contribution in [0.2, 0.25) is 5.02 Å². The van der Waals surface area contributed by atoms with E-state index in [2.05, 4.69) is 15.3 Å². The molecule has 2 N–H and O–H groups in total. The van der Waals surface area contributed by atoms with Crippen LogP contribution in [0.3, 0.4) is 0 Å². The summed E-state index contributed by atoms with van der Waals surface area (Å²) in [5.41, 5.74) is 1.22. The van der Waals surface area contributed by atoms with Crippen LogP contribution in [0, 0.1) is 11.7 Å². The summed E-state index contributed by atoms with van der Waals surface area (Å²) in [6, 6.07) is 7.61. The van der Waals surface area contributed by atoms with Crippen LogP contribution < -0.4 is 10.1 Å². The zero-order valence-electron chi connectivity index (χ0n) is 14.6. The van der Waals surface area contributed by atoms with Gasteiger partial charge in [-0.2, -0.15) is 0 Å². The SMILES string of the molecule is Oc1cc2c(Nc3ccc(F)c(Cl)c3)ncnc2cc1OCC1CCCC1. The molecule has 0 unspecified atom stereocenters. The summed E-state index contributed by atoms with van der Waals surface area (Å²) >= 11 is 5.83. The first kappa shape index (κ1) is 17.8. The maximum atomic E-state index is 13.3. The van der Waals surface area contributed by atoms with Crippen molar-refractivity contribution >= 4 is 34.0 Å². The third kappa shape index (κ3) is 3.90. The molecule has 0 atom stereocenters. The minimum absolute atomic E-state index is 0.0174. The highest BCUT2D eigenvalue weighted by atomic mass is 35.5. The summed E-state index contributed by atoms with van der Waals surface area (Å²) in [6.07, 6.45) is 6.25. The molecule has 27 heavy (non-hydrogen) atoms. The second-order valence-electron chi connectivity index (χ2n) is 6.77. The van der Waals surface area contributed by atoms with Crippen LogP contribution in [0.1, 0.15) is 25.7 Å². The Morgan fingerprint density at radius 1 is 1.19 bits per heavy atom. The van der Waals surface area contributed by atoms with E-state index in [4.69, 9.17) is 16.3 Å². The molecule has 1 aliphatic carbocycles. The van der Waals surface area contributed by atoms with Crippen LogP contribution >= 0.6 is 11.6 Å². The van der Waals surface area contributed by atoms with Gasteiger partial charge >= 0.3 is 0 Å². The van der Waals surface area contributed by atoms with Crippen LogP contribution in [0.5, 0.6) is 11.5 Å². The summed E-state index contributed by atoms with van der Waals surface area (Å²) in [5, 5.41) is 14.1. The Hall–Kier alpha value is -2.60. The molecular weight excluding hydrogens is 369 g/mol. The Morgan fingerprint density at radius 2 is 2.00 bits per heavy atom. The van der Waals surface area contributed by atoms with Crippen LogP contribution in [0.25, 0.3) is 10.9 Å². The molecule has 140 valence electrons. The normalized spacial score (nSPS) is 14.6. The van der Waals surface area contributed by atoms with Crippen molar-refractivity contribution in [2.45, 2.75) is 25.7 Å². The average Bonchev–Trinajstić information content (AvgIpc) is 3.17. The highest BCUT2D eigenvalue weighted by Gasteiger charge is 2.17. The van der Waals surface area contributed by atoms with Gasteiger partial charge in [-0.3, -0.25) is 0 Å². The third-order valence-electron chi connectivity index (χ3n) is 4.85. The first-order valence-corrected chi connectivity index (χ1v) is 9.30. The van der Waals surface area contributed by atoms with Gasteiger partial charge in [-0.1, -0.05) is 24.4 Å². The Kier molecular flexibility index (Phi) is 4.99. The van der Waals surface area contributed by atoms with Crippen LogP contribution in [-0.2, 0) is 0 Å². The first-order chi connectivity index (χ1) is 13.1. The van der Waals surface area contributed by atoms with Crippen molar-refractivity contribution in [2.24, 2.45) is 5.92 Å². The fourth-order valence-corrected chi connectivity index (χ4v) is 3.56. The van der Waals surface area contributed by atoms with E-state index in [9.17, 15) is 9.50 Å². The van der Waals surface area contributed by atoms with Gasteiger partial charge in [-0.05, 0) is 43.0 Å². The average molecular weight is 388 g/mol. The van der Waals surface area contributed by atoms with Gasteiger partial charge in [0, 0.05) is 17.1 Å². The van der Waals surface area contributed by atoms with Gasteiger partial charge in [0.25, 0.3) is 0 Å². The number of rotatable bonds is 5. The molecule has 7 heteroatoms. The van der Waals surface area contributed by atoms with Crippen molar-refractivity contribution in [1.82, 2.24) is 9.97 Å². The number of hydrogen-bond donors (Lipinski definition) is 2. The van der Waals surface area contributed by atoms with Gasteiger partial charge in [0.15, 0.2) is 11.5 Å². The molecule has 1 heterocycles. The van der Waals surface area contributed by atoms with E-state index in [-0.39, 0.29) is 10.8 Å². The number of aromatic hydroxyl groups is 1. The molecule has 0 saturated heterocycles. The standard InChI is InChI=1S/C20H19ClFN3O2/c21-15-7-13(5-6-16(15)22)25-20-14-8-18(26)19(9-17(14)23-11-24-20)27-10-12-3-1-2-4-12/h5-9,11-12,26H,1-4,10H2,(H,23,24,25). The second-order valence-corrected chi connectivity index (χ2v) is 7.18. The highest BCUT2D eigenvalue weighted by Crippen LogP contribution is 2.35. The zero-order valence-corrected chi connectivity index (χ0v) is 15.3. The number of hydrogen-bond acceptors (Lipinski definition) is 5. The van der Waals surface area contributed by atoms with Crippen molar-refractivity contribution in [1.29, 1.82) is 0 Å². The lowest BCUT2D eigenvalue weighted by atomic mass is 10.1. The van der Waals surface area contributed by atoms with Gasteiger partial charge in [-0.25, -0.2) is 14.4 Å². The number of benzene rings is 2. The molecule has 1 saturated carbocycles. The fourth-order valence-electron chi connectivity index (χ4n) is 3.38. The monoisotopic (exact) mass is 387 g/mol. The summed E-state index contributed by atoms with van der Waals surface area (Å²) in [6.45, 7) is 0.601. The lowest BCUT2D eigenvalue weighted by Gasteiger charge is -2.14. The molecule has 5 nitrogen and oxygen atoms in total. The van der Waals surface area contributed by atoms with E-state index in [1.54, 1.807) is 18.2 Å². The van der Waals surface area contributed by atoms with Crippen molar-refractivity contribution in [3.63, 3.8) is 0 Å². The summed E-state index contributed by atoms with van der Waals surface area (Å²) in [5.74, 6) is 1.00. The second kappa shape index (κ2) is 7.56. The third-order valence-corrected chi connectivity index (χ3v) is 5.14. The smallest absolute Gasteiger partial charge is 0.163 e. The van der Waals surface area contributed by atoms with E-state index in [0.717, 1.165) is 0 Å². The Morgan fingerprint density at radius 3 is 2.78 bits per heavy atom. The minimum Gasteiger partial charge on any atom is -0.504 e. The number of nitrogens with zero attached hydrogens (tertiary/aromatic N) is 2. The van der Waals surface area contributed by atoms with Crippen molar-refractivity contribution in [3.8, 4) is 11.5 Å². The summed E-state index contributed by atoms with van der Waals surface area (Å²) in [4.78, 5) is 8.49. The topological polar surface area (TPSA) is 67.3 Å². The number of fused-ring (bicyclic) bond motifs is 1. The predicted octanol–water partition coefficient (Wildman–Crippen LogP) is 5.44. The fraction of sp³-hybridized carbons (Fsp3) is 0.300. The largest absolute Gasteiger partial charge is 0.504 e. The number of aromatic nitrogens is 2. The molecule has 3 aromatic rings. The molecule has 0 radical (unpaired) electrons. The molecular formula is C20H19ClFN3O2. The Bertz CT molecular complexity index is 977. The van der Waals surface area contributed by atoms with E-state index >= 15 is 0 Å². The van der Waals surface area contributed by atoms with Gasteiger partial charge < -0.3 is 15.2 Å². The first-order valence-electron chi connectivity index (χ1n) is 8.93. The van der Waals surface area contributed by atoms with Crippen molar-refractivity contribution < 1.29 is 14.2 Å². The van der Waals surface area contributed by atoms with Crippen molar-refractivity contribution in [2.75, 3.05) is 11.9 Å².